The summed E-state index contributed by atoms with van der Waals surface area (Å²) >= 11 is 7.07. The predicted octanol–water partition coefficient (Wildman–Crippen LogP) is 8.62. The van der Waals surface area contributed by atoms with Crippen molar-refractivity contribution in [2.45, 2.75) is 135 Å². The van der Waals surface area contributed by atoms with E-state index in [2.05, 4.69) is 115 Å². The van der Waals surface area contributed by atoms with E-state index in [4.69, 9.17) is 15.2 Å². The van der Waals surface area contributed by atoms with Crippen molar-refractivity contribution in [3.8, 4) is 0 Å². The second-order valence-corrected chi connectivity index (χ2v) is 17.2. The number of nitrogens with one attached hydrogen (secondary N) is 1. The number of benzene rings is 2. The molecule has 1 amide bonds. The first kappa shape index (κ1) is 37.5. The van der Waals surface area contributed by atoms with Crippen LogP contribution in [0.3, 0.4) is 0 Å². The molecule has 0 aromatic heterocycles. The van der Waals surface area contributed by atoms with Crippen LogP contribution in [0.25, 0.3) is 0 Å². The number of nitrogens with two attached hydrogens (primary N) is 1. The maximum atomic E-state index is 12.7. The van der Waals surface area contributed by atoms with E-state index in [0.717, 1.165) is 49.9 Å². The molecule has 4 aliphatic rings. The molecule has 2 fully saturated rings. The third kappa shape index (κ3) is 12.0. The molecule has 2 unspecified atom stereocenters. The van der Waals surface area contributed by atoms with Crippen LogP contribution in [0.15, 0.2) is 45.3 Å². The Hall–Kier alpha value is -1.29. The number of carbonyl (C=O) groups excluding carboxylic acids is 1. The smallest absolute Gasteiger partial charge is 0.223 e. The van der Waals surface area contributed by atoms with Gasteiger partial charge in [-0.05, 0) is 133 Å². The van der Waals surface area contributed by atoms with E-state index in [0.29, 0.717) is 18.4 Å². The van der Waals surface area contributed by atoms with Crippen molar-refractivity contribution in [1.29, 1.82) is 0 Å². The highest BCUT2D eigenvalue weighted by molar-refractivity contribution is 9.10. The Balaban J connectivity index is 0.000000181. The molecule has 0 bridgehead atoms. The van der Waals surface area contributed by atoms with Crippen LogP contribution in [-0.4, -0.2) is 60.4 Å². The Bertz CT molecular complexity index is 1280. The van der Waals surface area contributed by atoms with Crippen molar-refractivity contribution >= 4 is 37.8 Å². The monoisotopic (exact) mass is 761 g/mol. The molecule has 0 spiro atoms. The van der Waals surface area contributed by atoms with E-state index in [9.17, 15) is 4.79 Å². The van der Waals surface area contributed by atoms with Gasteiger partial charge in [0, 0.05) is 47.6 Å². The second kappa shape index (κ2) is 16.9. The van der Waals surface area contributed by atoms with Gasteiger partial charge in [-0.25, -0.2) is 0 Å². The van der Waals surface area contributed by atoms with Crippen molar-refractivity contribution in [2.75, 3.05) is 26.2 Å². The Morgan fingerprint density at radius 3 is 1.85 bits per heavy atom. The van der Waals surface area contributed by atoms with Crippen molar-refractivity contribution in [2.24, 2.45) is 5.73 Å². The topological polar surface area (TPSA) is 76.8 Å². The van der Waals surface area contributed by atoms with Crippen molar-refractivity contribution < 1.29 is 14.3 Å². The fourth-order valence-corrected chi connectivity index (χ4v) is 7.47. The highest BCUT2D eigenvalue weighted by atomic mass is 79.9. The fourth-order valence-electron chi connectivity index (χ4n) is 6.65. The number of amides is 1. The molecular weight excluding hydrogens is 706 g/mol. The summed E-state index contributed by atoms with van der Waals surface area (Å²) in [5.74, 6) is 0.648. The van der Waals surface area contributed by atoms with E-state index < -0.39 is 0 Å². The zero-order chi connectivity index (χ0) is 33.5. The van der Waals surface area contributed by atoms with Crippen molar-refractivity contribution in [3.05, 3.63) is 67.6 Å². The van der Waals surface area contributed by atoms with Crippen LogP contribution < -0.4 is 11.1 Å². The Kier molecular flexibility index (Phi) is 13.8. The molecule has 2 aromatic rings. The van der Waals surface area contributed by atoms with Gasteiger partial charge in [-0.1, -0.05) is 56.8 Å². The molecule has 2 saturated heterocycles. The molecule has 2 heterocycles. The van der Waals surface area contributed by atoms with Gasteiger partial charge in [0.1, 0.15) is 0 Å². The fraction of sp³-hybridized carbons (Fsp3) is 0.658. The van der Waals surface area contributed by atoms with E-state index in [1.165, 1.54) is 58.8 Å². The summed E-state index contributed by atoms with van der Waals surface area (Å²) in [6.07, 6.45) is 10.8. The van der Waals surface area contributed by atoms with Gasteiger partial charge in [0.2, 0.25) is 5.91 Å². The van der Waals surface area contributed by atoms with Crippen LogP contribution >= 0.6 is 31.9 Å². The normalized spacial score (nSPS) is 21.9. The minimum atomic E-state index is -0.132. The van der Waals surface area contributed by atoms with Crippen molar-refractivity contribution in [3.63, 3.8) is 0 Å². The van der Waals surface area contributed by atoms with E-state index in [1.807, 2.05) is 4.90 Å². The van der Waals surface area contributed by atoms with E-state index >= 15 is 0 Å². The lowest BCUT2D eigenvalue weighted by Crippen LogP contribution is -2.56. The first-order chi connectivity index (χ1) is 21.7. The second-order valence-electron chi connectivity index (χ2n) is 15.3. The molecule has 8 heteroatoms. The number of halogens is 2. The number of fused-ring (bicyclic) bond motifs is 2. The van der Waals surface area contributed by atoms with Gasteiger partial charge in [-0.15, -0.1) is 0 Å². The van der Waals surface area contributed by atoms with Gasteiger partial charge in [0.25, 0.3) is 0 Å². The maximum Gasteiger partial charge on any atom is 0.223 e. The molecule has 2 aliphatic heterocycles. The van der Waals surface area contributed by atoms with Gasteiger partial charge in [0.05, 0.1) is 23.4 Å². The van der Waals surface area contributed by atoms with Crippen molar-refractivity contribution in [1.82, 2.24) is 10.2 Å². The van der Waals surface area contributed by atoms with Gasteiger partial charge < -0.3 is 25.4 Å². The molecule has 3 N–H and O–H groups in total. The summed E-state index contributed by atoms with van der Waals surface area (Å²) in [4.78, 5) is 14.6. The number of ether oxygens (including phenoxy) is 2. The van der Waals surface area contributed by atoms with Crippen LogP contribution in [-0.2, 0) is 27.1 Å². The van der Waals surface area contributed by atoms with Crippen LogP contribution in [0.4, 0.5) is 0 Å². The molecule has 46 heavy (non-hydrogen) atoms. The Morgan fingerprint density at radius 2 is 1.33 bits per heavy atom. The number of rotatable bonds is 4. The zero-order valence-electron chi connectivity index (χ0n) is 29.0. The number of carbonyl (C=O) groups is 1. The summed E-state index contributed by atoms with van der Waals surface area (Å²) in [5.41, 5.74) is 11.6. The molecule has 2 aromatic carbocycles. The first-order valence-corrected chi connectivity index (χ1v) is 18.9. The maximum absolute atomic E-state index is 12.7. The van der Waals surface area contributed by atoms with Crippen LogP contribution in [0.1, 0.15) is 121 Å². The SMILES string of the molecule is CC(C)(C)OC1CN(C(=O)CC2CCCCc3cc(Br)ccc32)C1.CC(C)(C)OC1CNC1.NC1CCCCc2cc(Br)ccc21. The Morgan fingerprint density at radius 1 is 0.804 bits per heavy atom. The summed E-state index contributed by atoms with van der Waals surface area (Å²) < 4.78 is 13.8. The molecule has 0 radical (unpaired) electrons. The highest BCUT2D eigenvalue weighted by Gasteiger charge is 2.35. The highest BCUT2D eigenvalue weighted by Crippen LogP contribution is 2.35. The molecule has 0 saturated carbocycles. The quantitative estimate of drug-likeness (QED) is 0.305. The summed E-state index contributed by atoms with van der Waals surface area (Å²) in [6.45, 7) is 16.0. The largest absolute Gasteiger partial charge is 0.370 e. The van der Waals surface area contributed by atoms with Gasteiger partial charge >= 0.3 is 0 Å². The number of hydrogen-bond acceptors (Lipinski definition) is 5. The molecule has 6 nitrogen and oxygen atoms in total. The predicted molar refractivity (Wildman–Crippen MR) is 196 cm³/mol. The lowest BCUT2D eigenvalue weighted by atomic mass is 9.89. The van der Waals surface area contributed by atoms with Crippen LogP contribution in [0.2, 0.25) is 0 Å². The van der Waals surface area contributed by atoms with Crippen LogP contribution in [0.5, 0.6) is 0 Å². The molecule has 2 aliphatic carbocycles. The standard InChI is InChI=1S/C20H28BrNO2.C11H14BrN.C7H15NO/c1-20(2,3)24-17-12-22(13-17)19(23)11-15-7-5-4-6-14-10-16(21)8-9-18(14)15;12-9-5-6-10-8(7-9)3-1-2-4-11(10)13;1-7(2,3)9-6-4-8-5-6/h8-10,15,17H,4-7,11-13H2,1-3H3;5-7,11H,1-4,13H2;6,8H,4-5H2,1-3H3. The summed E-state index contributed by atoms with van der Waals surface area (Å²) in [6, 6.07) is 13.3. The third-order valence-corrected chi connectivity index (χ3v) is 9.90. The zero-order valence-corrected chi connectivity index (χ0v) is 32.1. The summed E-state index contributed by atoms with van der Waals surface area (Å²) in [5, 5.41) is 3.16. The molecule has 2 atom stereocenters. The molecular formula is C38H57Br2N3O3. The van der Waals surface area contributed by atoms with Crippen LogP contribution in [0, 0.1) is 0 Å². The number of likely N-dealkylation sites (tertiary alicyclic amines) is 1. The lowest BCUT2D eigenvalue weighted by Gasteiger charge is -2.42. The van der Waals surface area contributed by atoms with Gasteiger partial charge in [-0.2, -0.15) is 0 Å². The Labute approximate surface area is 295 Å². The third-order valence-electron chi connectivity index (χ3n) is 8.92. The van der Waals surface area contributed by atoms with Gasteiger partial charge in [-0.3, -0.25) is 4.79 Å². The van der Waals surface area contributed by atoms with E-state index in [1.54, 1.807) is 0 Å². The molecule has 256 valence electrons. The van der Waals surface area contributed by atoms with Gasteiger partial charge in [0.15, 0.2) is 0 Å². The molecule has 6 rings (SSSR count). The minimum Gasteiger partial charge on any atom is -0.370 e. The average Bonchev–Trinajstić information content (AvgIpc) is 3.23. The lowest BCUT2D eigenvalue weighted by molar-refractivity contribution is -0.157. The number of hydrogen-bond donors (Lipinski definition) is 2. The first-order valence-electron chi connectivity index (χ1n) is 17.3. The number of aryl methyl sites for hydroxylation is 2. The summed E-state index contributed by atoms with van der Waals surface area (Å²) in [7, 11) is 0. The number of nitrogens with zero attached hydrogens (tertiary/aromatic N) is 1. The minimum absolute atomic E-state index is 0.0345. The average molecular weight is 764 g/mol. The van der Waals surface area contributed by atoms with E-state index in [-0.39, 0.29) is 29.3 Å².